The highest BCUT2D eigenvalue weighted by Gasteiger charge is 2.05. The molecule has 0 aromatic heterocycles. The first kappa shape index (κ1) is 18.2. The number of rotatable bonds is 4. The number of benzene rings is 1. The molecule has 3 N–H and O–H groups in total. The van der Waals surface area contributed by atoms with E-state index in [0.29, 0.717) is 16.3 Å². The number of amidine groups is 1. The van der Waals surface area contributed by atoms with Gasteiger partial charge in [0.05, 0.1) is 17.5 Å². The molecule has 1 aromatic rings. The fourth-order valence-electron chi connectivity index (χ4n) is 1.43. The molecule has 0 saturated heterocycles. The van der Waals surface area contributed by atoms with Gasteiger partial charge in [0.2, 0.25) is 0 Å². The number of nitrogens with zero attached hydrogens (tertiary/aromatic N) is 4. The molecule has 0 radical (unpaired) electrons. The Morgan fingerprint density at radius 3 is 2.14 bits per heavy atom. The largest absolute Gasteiger partial charge is 0.507 e. The molecular formula is C14H19N5OS2. The number of aryl methyl sites for hydroxylation is 1. The Balaban J connectivity index is 3.07. The zero-order valence-electron chi connectivity index (χ0n) is 12.9. The van der Waals surface area contributed by atoms with E-state index in [1.54, 1.807) is 6.07 Å². The molecule has 0 heterocycles. The molecule has 8 heteroatoms. The van der Waals surface area contributed by atoms with E-state index in [2.05, 4.69) is 20.4 Å². The second-order valence-corrected chi connectivity index (χ2v) is 6.07. The lowest BCUT2D eigenvalue weighted by molar-refractivity contribution is 0.473. The first-order chi connectivity index (χ1) is 10.5. The Labute approximate surface area is 138 Å². The molecule has 0 aliphatic heterocycles. The maximum Gasteiger partial charge on any atom is 0.180 e. The van der Waals surface area contributed by atoms with E-state index in [1.165, 1.54) is 36.0 Å². The highest BCUT2D eigenvalue weighted by atomic mass is 32.2. The molecule has 0 saturated carbocycles. The molecule has 118 valence electrons. The first-order valence-corrected chi connectivity index (χ1v) is 8.78. The van der Waals surface area contributed by atoms with Crippen molar-refractivity contribution in [1.29, 1.82) is 0 Å². The molecular weight excluding hydrogens is 318 g/mol. The second-order valence-electron chi connectivity index (χ2n) is 4.25. The van der Waals surface area contributed by atoms with Crippen LogP contribution in [0.15, 0.2) is 32.5 Å². The average Bonchev–Trinajstić information content (AvgIpc) is 2.50. The Hall–Kier alpha value is -1.80. The van der Waals surface area contributed by atoms with Gasteiger partial charge in [-0.25, -0.2) is 0 Å². The molecule has 0 atom stereocenters. The lowest BCUT2D eigenvalue weighted by atomic mass is 10.1. The summed E-state index contributed by atoms with van der Waals surface area (Å²) >= 11 is 2.81. The Morgan fingerprint density at radius 2 is 1.64 bits per heavy atom. The van der Waals surface area contributed by atoms with Gasteiger partial charge < -0.3 is 10.8 Å². The minimum atomic E-state index is 0.0769. The summed E-state index contributed by atoms with van der Waals surface area (Å²) < 4.78 is 0. The van der Waals surface area contributed by atoms with Gasteiger partial charge in [-0.1, -0.05) is 11.8 Å². The smallest absolute Gasteiger partial charge is 0.180 e. The van der Waals surface area contributed by atoms with Crippen LogP contribution in [0.3, 0.4) is 0 Å². The Morgan fingerprint density at radius 1 is 1.09 bits per heavy atom. The Bertz CT molecular complexity index is 587. The van der Waals surface area contributed by atoms with Crippen molar-refractivity contribution in [3.8, 4) is 5.75 Å². The zero-order valence-corrected chi connectivity index (χ0v) is 14.6. The third-order valence-electron chi connectivity index (χ3n) is 2.57. The zero-order chi connectivity index (χ0) is 16.5. The summed E-state index contributed by atoms with van der Waals surface area (Å²) in [6.45, 7) is 3.79. The number of hydrogen-bond acceptors (Lipinski definition) is 7. The van der Waals surface area contributed by atoms with Crippen molar-refractivity contribution < 1.29 is 5.11 Å². The van der Waals surface area contributed by atoms with Crippen LogP contribution in [0.5, 0.6) is 5.75 Å². The van der Waals surface area contributed by atoms with E-state index in [-0.39, 0.29) is 5.75 Å². The van der Waals surface area contributed by atoms with Crippen LogP contribution in [-0.4, -0.2) is 40.3 Å². The second kappa shape index (κ2) is 9.26. The van der Waals surface area contributed by atoms with Crippen LogP contribution < -0.4 is 5.73 Å². The van der Waals surface area contributed by atoms with Gasteiger partial charge in [-0.2, -0.15) is 10.2 Å². The van der Waals surface area contributed by atoms with E-state index in [4.69, 9.17) is 5.73 Å². The third kappa shape index (κ3) is 5.90. The Kier molecular flexibility index (Phi) is 7.69. The standard InChI is InChI=1S/C14H19N5OS2/c1-9-5-11(7-16-18-10(2)21-3)13(20)12(6-9)8-17-19-14(15)22-4/h5-8,20H,1-4H3,(H2,15,19). The fourth-order valence-corrected chi connectivity index (χ4v) is 1.69. The molecule has 0 aliphatic rings. The van der Waals surface area contributed by atoms with Crippen molar-refractivity contribution in [1.82, 2.24) is 0 Å². The summed E-state index contributed by atoms with van der Waals surface area (Å²) in [5, 5.41) is 27.0. The fraction of sp³-hybridized carbons (Fsp3) is 0.286. The number of phenolic OH excluding ortho intramolecular Hbond substituents is 1. The summed E-state index contributed by atoms with van der Waals surface area (Å²) in [4.78, 5) is 0. The van der Waals surface area contributed by atoms with Crippen LogP contribution >= 0.6 is 23.5 Å². The van der Waals surface area contributed by atoms with Crippen molar-refractivity contribution in [2.24, 2.45) is 26.1 Å². The van der Waals surface area contributed by atoms with Gasteiger partial charge in [-0.15, -0.1) is 22.0 Å². The monoisotopic (exact) mass is 337 g/mol. The minimum Gasteiger partial charge on any atom is -0.507 e. The maximum absolute atomic E-state index is 10.2. The van der Waals surface area contributed by atoms with Crippen LogP contribution in [0.2, 0.25) is 0 Å². The van der Waals surface area contributed by atoms with E-state index in [0.717, 1.165) is 10.6 Å². The van der Waals surface area contributed by atoms with Crippen molar-refractivity contribution in [3.63, 3.8) is 0 Å². The van der Waals surface area contributed by atoms with Gasteiger partial charge in [-0.05, 0) is 44.1 Å². The molecule has 0 spiro atoms. The summed E-state index contributed by atoms with van der Waals surface area (Å²) in [7, 11) is 0. The number of thioether (sulfide) groups is 2. The van der Waals surface area contributed by atoms with Gasteiger partial charge in [-0.3, -0.25) is 0 Å². The van der Waals surface area contributed by atoms with E-state index in [1.807, 2.05) is 32.4 Å². The van der Waals surface area contributed by atoms with E-state index in [9.17, 15) is 5.11 Å². The maximum atomic E-state index is 10.2. The topological polar surface area (TPSA) is 95.7 Å². The SMILES string of the molecule is CSC(C)=NN=Cc1cc(C)cc(C=NN=C(N)SC)c1O. The molecule has 1 aromatic carbocycles. The molecule has 0 aliphatic carbocycles. The van der Waals surface area contributed by atoms with Crippen LogP contribution in [0.1, 0.15) is 23.6 Å². The highest BCUT2D eigenvalue weighted by molar-refractivity contribution is 8.13. The normalized spacial score (nSPS) is 13.5. The number of nitrogens with two attached hydrogens (primary N) is 1. The minimum absolute atomic E-state index is 0.0769. The molecule has 0 fully saturated rings. The predicted octanol–water partition coefficient (Wildman–Crippen LogP) is 2.83. The van der Waals surface area contributed by atoms with Gasteiger partial charge in [0, 0.05) is 11.1 Å². The van der Waals surface area contributed by atoms with Crippen molar-refractivity contribution in [3.05, 3.63) is 28.8 Å². The molecule has 22 heavy (non-hydrogen) atoms. The number of aromatic hydroxyl groups is 1. The van der Waals surface area contributed by atoms with Crippen molar-refractivity contribution in [2.45, 2.75) is 13.8 Å². The van der Waals surface area contributed by atoms with Gasteiger partial charge >= 0.3 is 0 Å². The quantitative estimate of drug-likeness (QED) is 0.501. The van der Waals surface area contributed by atoms with Crippen LogP contribution in [0, 0.1) is 6.92 Å². The molecule has 0 amide bonds. The summed E-state index contributed by atoms with van der Waals surface area (Å²) in [6.07, 6.45) is 6.70. The first-order valence-electron chi connectivity index (χ1n) is 6.33. The van der Waals surface area contributed by atoms with Crippen LogP contribution in [0.25, 0.3) is 0 Å². The van der Waals surface area contributed by atoms with E-state index >= 15 is 0 Å². The van der Waals surface area contributed by atoms with Crippen molar-refractivity contribution >= 4 is 46.2 Å². The average molecular weight is 337 g/mol. The summed E-state index contributed by atoms with van der Waals surface area (Å²) in [5.41, 5.74) is 7.62. The van der Waals surface area contributed by atoms with Crippen LogP contribution in [0.4, 0.5) is 0 Å². The lowest BCUT2D eigenvalue weighted by Gasteiger charge is -2.04. The van der Waals surface area contributed by atoms with Gasteiger partial charge in [0.1, 0.15) is 5.75 Å². The van der Waals surface area contributed by atoms with Crippen LogP contribution in [-0.2, 0) is 0 Å². The number of hydrogen-bond donors (Lipinski definition) is 2. The predicted molar refractivity (Wildman–Crippen MR) is 99.8 cm³/mol. The molecule has 0 bridgehead atoms. The molecule has 1 rings (SSSR count). The highest BCUT2D eigenvalue weighted by Crippen LogP contribution is 2.22. The molecule has 0 unspecified atom stereocenters. The lowest BCUT2D eigenvalue weighted by Crippen LogP contribution is -2.04. The molecule has 6 nitrogen and oxygen atoms in total. The van der Waals surface area contributed by atoms with Gasteiger partial charge in [0.25, 0.3) is 0 Å². The summed E-state index contributed by atoms with van der Waals surface area (Å²) in [6, 6.07) is 3.62. The number of phenols is 1. The third-order valence-corrected chi connectivity index (χ3v) is 3.74. The van der Waals surface area contributed by atoms with E-state index < -0.39 is 0 Å². The van der Waals surface area contributed by atoms with Gasteiger partial charge in [0.15, 0.2) is 5.17 Å². The van der Waals surface area contributed by atoms with Crippen molar-refractivity contribution in [2.75, 3.05) is 12.5 Å². The summed E-state index contributed by atoms with van der Waals surface area (Å²) in [5.74, 6) is 0.0769.